The van der Waals surface area contributed by atoms with Crippen LogP contribution >= 0.6 is 22.7 Å². The van der Waals surface area contributed by atoms with Crippen molar-refractivity contribution in [1.82, 2.24) is 4.57 Å². The number of hydrogen-bond donors (Lipinski definition) is 0. The smallest absolute Gasteiger partial charge is 0.267 e. The van der Waals surface area contributed by atoms with Gasteiger partial charge in [0.15, 0.2) is 0 Å². The summed E-state index contributed by atoms with van der Waals surface area (Å²) in [7, 11) is -3.42. The Morgan fingerprint density at radius 2 is 1.71 bits per heavy atom. The van der Waals surface area contributed by atoms with Crippen molar-refractivity contribution in [1.29, 1.82) is 0 Å². The van der Waals surface area contributed by atoms with Gasteiger partial charge in [0, 0.05) is 6.54 Å². The third-order valence-electron chi connectivity index (χ3n) is 3.19. The maximum Gasteiger partial charge on any atom is 0.267 e. The first-order valence-electron chi connectivity index (χ1n) is 6.82. The summed E-state index contributed by atoms with van der Waals surface area (Å²) in [6, 6.07) is 4.21. The van der Waals surface area contributed by atoms with E-state index in [2.05, 4.69) is 27.5 Å². The van der Waals surface area contributed by atoms with Crippen LogP contribution in [0.1, 0.15) is 20.3 Å². The molecule has 0 aromatic carbocycles. The van der Waals surface area contributed by atoms with Gasteiger partial charge < -0.3 is 4.57 Å². The fraction of sp³-hybridized carbons (Fsp3) is 0.429. The van der Waals surface area contributed by atoms with Crippen molar-refractivity contribution in [2.75, 3.05) is 5.75 Å². The molecule has 0 unspecified atom stereocenters. The summed E-state index contributed by atoms with van der Waals surface area (Å²) in [5, 5.41) is 4.16. The molecule has 114 valence electrons. The lowest BCUT2D eigenvalue weighted by atomic mass is 10.4. The fourth-order valence-corrected chi connectivity index (χ4v) is 5.62. The van der Waals surface area contributed by atoms with Crippen molar-refractivity contribution in [3.05, 3.63) is 22.9 Å². The van der Waals surface area contributed by atoms with Crippen molar-refractivity contribution in [2.45, 2.75) is 32.9 Å². The molecule has 0 amide bonds. The van der Waals surface area contributed by atoms with Crippen LogP contribution in [0.3, 0.4) is 0 Å². The summed E-state index contributed by atoms with van der Waals surface area (Å²) >= 11 is 3.47. The quantitative estimate of drug-likeness (QED) is 0.634. The number of aromatic nitrogens is 1. The molecule has 3 aromatic rings. The molecule has 0 saturated carbocycles. The van der Waals surface area contributed by atoms with Gasteiger partial charge in [0.2, 0.25) is 0 Å². The highest BCUT2D eigenvalue weighted by molar-refractivity contribution is 7.86. The Bertz CT molecular complexity index is 807. The van der Waals surface area contributed by atoms with Crippen LogP contribution in [0.2, 0.25) is 0 Å². The third kappa shape index (κ3) is 3.01. The molecule has 0 aliphatic rings. The molecule has 0 saturated heterocycles. The van der Waals surface area contributed by atoms with E-state index in [0.717, 1.165) is 0 Å². The molecule has 0 spiro atoms. The van der Waals surface area contributed by atoms with E-state index in [9.17, 15) is 8.42 Å². The van der Waals surface area contributed by atoms with Gasteiger partial charge in [0.05, 0.1) is 32.3 Å². The minimum atomic E-state index is -3.42. The van der Waals surface area contributed by atoms with Crippen LogP contribution in [0.15, 0.2) is 22.9 Å². The van der Waals surface area contributed by atoms with Crippen molar-refractivity contribution in [2.24, 2.45) is 0 Å². The van der Waals surface area contributed by atoms with E-state index in [1.165, 1.54) is 20.4 Å². The van der Waals surface area contributed by atoms with Crippen molar-refractivity contribution in [3.8, 4) is 0 Å². The van der Waals surface area contributed by atoms with E-state index >= 15 is 0 Å². The van der Waals surface area contributed by atoms with Crippen molar-refractivity contribution in [3.63, 3.8) is 0 Å². The summed E-state index contributed by atoms with van der Waals surface area (Å²) in [6.45, 7) is 4.15. The molecular formula is C14H17NO3S3. The summed E-state index contributed by atoms with van der Waals surface area (Å²) in [5.74, 6) is 0.0562. The van der Waals surface area contributed by atoms with Crippen LogP contribution in [0.4, 0.5) is 0 Å². The Kier molecular flexibility index (Phi) is 4.09. The van der Waals surface area contributed by atoms with Crippen LogP contribution in [-0.2, 0) is 20.8 Å². The lowest BCUT2D eigenvalue weighted by Crippen LogP contribution is -2.16. The second kappa shape index (κ2) is 5.72. The standard InChI is InChI=1S/C14H17NO3S3/c1-10(2)18-21(16,17)9-3-6-15-11-4-7-19-13(11)14-12(15)5-8-20-14/h4-5,7-8,10H,3,6,9H2,1-2H3. The Labute approximate surface area is 132 Å². The highest BCUT2D eigenvalue weighted by Gasteiger charge is 2.16. The first-order valence-corrected chi connectivity index (χ1v) is 10.2. The molecule has 0 bridgehead atoms. The molecule has 3 heterocycles. The first-order chi connectivity index (χ1) is 9.98. The van der Waals surface area contributed by atoms with Crippen LogP contribution in [0.25, 0.3) is 20.4 Å². The van der Waals surface area contributed by atoms with Crippen LogP contribution in [-0.4, -0.2) is 24.8 Å². The molecular weight excluding hydrogens is 326 g/mol. The molecule has 0 atom stereocenters. The molecule has 0 radical (unpaired) electrons. The normalized spacial score (nSPS) is 12.9. The summed E-state index contributed by atoms with van der Waals surface area (Å²) in [6.07, 6.45) is 0.258. The van der Waals surface area contributed by atoms with Gasteiger partial charge >= 0.3 is 0 Å². The molecule has 7 heteroatoms. The summed E-state index contributed by atoms with van der Waals surface area (Å²) < 4.78 is 33.3. The SMILES string of the molecule is CC(C)OS(=O)(=O)CCCn1c2ccsc2c2sccc21. The fourth-order valence-electron chi connectivity index (χ4n) is 2.48. The number of thiophene rings is 2. The number of nitrogens with zero attached hydrogens (tertiary/aromatic N) is 1. The average molecular weight is 343 g/mol. The number of aryl methyl sites for hydroxylation is 1. The van der Waals surface area contributed by atoms with Gasteiger partial charge in [-0.15, -0.1) is 22.7 Å². The van der Waals surface area contributed by atoms with Crippen LogP contribution < -0.4 is 0 Å². The average Bonchev–Trinajstić information content (AvgIpc) is 3.03. The zero-order chi connectivity index (χ0) is 15.0. The number of rotatable bonds is 6. The Morgan fingerprint density at radius 3 is 2.24 bits per heavy atom. The van der Waals surface area contributed by atoms with E-state index in [-0.39, 0.29) is 11.9 Å². The molecule has 3 aromatic heterocycles. The zero-order valence-electron chi connectivity index (χ0n) is 11.9. The summed E-state index contributed by atoms with van der Waals surface area (Å²) in [5.41, 5.74) is 2.40. The second-order valence-corrected chi connectivity index (χ2v) is 8.73. The Hall–Kier alpha value is -0.890. The van der Waals surface area contributed by atoms with E-state index in [1.807, 2.05) is 0 Å². The van der Waals surface area contributed by atoms with Gasteiger partial charge in [-0.1, -0.05) is 0 Å². The predicted octanol–water partition coefficient (Wildman–Crippen LogP) is 4.06. The van der Waals surface area contributed by atoms with Gasteiger partial charge in [0.1, 0.15) is 0 Å². The van der Waals surface area contributed by atoms with E-state index in [1.54, 1.807) is 36.5 Å². The molecule has 21 heavy (non-hydrogen) atoms. The molecule has 0 aliphatic heterocycles. The first kappa shape index (κ1) is 15.0. The van der Waals surface area contributed by atoms with E-state index in [4.69, 9.17) is 4.18 Å². The topological polar surface area (TPSA) is 48.3 Å². The van der Waals surface area contributed by atoms with Crippen molar-refractivity contribution >= 4 is 53.2 Å². The van der Waals surface area contributed by atoms with Crippen LogP contribution in [0.5, 0.6) is 0 Å². The lowest BCUT2D eigenvalue weighted by molar-refractivity contribution is 0.248. The Morgan fingerprint density at radius 1 is 1.14 bits per heavy atom. The zero-order valence-corrected chi connectivity index (χ0v) is 14.4. The molecule has 0 fully saturated rings. The Balaban J connectivity index is 1.78. The highest BCUT2D eigenvalue weighted by atomic mass is 32.2. The van der Waals surface area contributed by atoms with Crippen LogP contribution in [0, 0.1) is 0 Å². The third-order valence-corrected chi connectivity index (χ3v) is 6.63. The molecule has 0 N–H and O–H groups in total. The number of fused-ring (bicyclic) bond motifs is 3. The minimum absolute atomic E-state index is 0.0562. The molecule has 4 nitrogen and oxygen atoms in total. The highest BCUT2D eigenvalue weighted by Crippen LogP contribution is 2.36. The van der Waals surface area contributed by atoms with Gasteiger partial charge in [0.25, 0.3) is 10.1 Å². The molecule has 0 aliphatic carbocycles. The molecule has 3 rings (SSSR count). The van der Waals surface area contributed by atoms with Gasteiger partial charge in [-0.25, -0.2) is 0 Å². The summed E-state index contributed by atoms with van der Waals surface area (Å²) in [4.78, 5) is 0. The maximum absolute atomic E-state index is 11.8. The van der Waals surface area contributed by atoms with Crippen molar-refractivity contribution < 1.29 is 12.6 Å². The predicted molar refractivity (Wildman–Crippen MR) is 89.8 cm³/mol. The van der Waals surface area contributed by atoms with Gasteiger partial charge in [-0.3, -0.25) is 4.18 Å². The number of hydrogen-bond acceptors (Lipinski definition) is 5. The van der Waals surface area contributed by atoms with Gasteiger partial charge in [-0.2, -0.15) is 8.42 Å². The minimum Gasteiger partial charge on any atom is -0.339 e. The van der Waals surface area contributed by atoms with E-state index < -0.39 is 10.1 Å². The monoisotopic (exact) mass is 343 g/mol. The maximum atomic E-state index is 11.8. The second-order valence-electron chi connectivity index (χ2n) is 5.18. The van der Waals surface area contributed by atoms with Gasteiger partial charge in [-0.05, 0) is 43.2 Å². The lowest BCUT2D eigenvalue weighted by Gasteiger charge is -2.09. The van der Waals surface area contributed by atoms with E-state index in [0.29, 0.717) is 13.0 Å². The largest absolute Gasteiger partial charge is 0.339 e.